The van der Waals surface area contributed by atoms with Gasteiger partial charge < -0.3 is 10.2 Å². The van der Waals surface area contributed by atoms with Crippen LogP contribution in [0.1, 0.15) is 31.4 Å². The summed E-state index contributed by atoms with van der Waals surface area (Å²) in [5.74, 6) is -0.364. The lowest BCUT2D eigenvalue weighted by atomic mass is 10.1. The van der Waals surface area contributed by atoms with Crippen LogP contribution in [-0.4, -0.2) is 38.6 Å². The fourth-order valence-electron chi connectivity index (χ4n) is 3.55. The topological polar surface area (TPSA) is 83.6 Å². The van der Waals surface area contributed by atoms with Crippen molar-refractivity contribution in [2.45, 2.75) is 43.3 Å². The van der Waals surface area contributed by atoms with E-state index in [-0.39, 0.29) is 23.1 Å². The molecule has 0 fully saturated rings. The van der Waals surface area contributed by atoms with E-state index in [1.807, 2.05) is 12.1 Å². The minimum atomic E-state index is -3.65. The third kappa shape index (κ3) is 5.02. The Morgan fingerprint density at radius 1 is 1.17 bits per heavy atom. The van der Waals surface area contributed by atoms with Crippen molar-refractivity contribution in [1.82, 2.24) is 5.32 Å². The predicted octanol–water partition coefficient (Wildman–Crippen LogP) is 3.16. The first kappa shape index (κ1) is 22.3. The average Bonchev–Trinajstić information content (AvgIpc) is 3.13. The van der Waals surface area contributed by atoms with Crippen molar-refractivity contribution >= 4 is 38.9 Å². The van der Waals surface area contributed by atoms with Crippen LogP contribution in [0.15, 0.2) is 47.4 Å². The van der Waals surface area contributed by atoms with E-state index < -0.39 is 15.1 Å². The highest BCUT2D eigenvalue weighted by Crippen LogP contribution is 2.31. The molecule has 0 bridgehead atoms. The minimum absolute atomic E-state index is 0.0620. The fraction of sp³-hybridized carbons (Fsp3) is 0.364. The number of amides is 2. The van der Waals surface area contributed by atoms with Gasteiger partial charge in [0, 0.05) is 37.1 Å². The number of nitrogens with one attached hydrogen (secondary N) is 1. The second-order valence-electron chi connectivity index (χ2n) is 7.50. The Labute approximate surface area is 182 Å². The summed E-state index contributed by atoms with van der Waals surface area (Å²) >= 11 is 5.85. The third-order valence-corrected chi connectivity index (χ3v) is 7.70. The fourth-order valence-corrected chi connectivity index (χ4v) is 5.08. The molecule has 0 unspecified atom stereocenters. The molecule has 3 rings (SSSR count). The van der Waals surface area contributed by atoms with Crippen LogP contribution in [0.3, 0.4) is 0 Å². The highest BCUT2D eigenvalue weighted by molar-refractivity contribution is 7.92. The first-order valence-corrected chi connectivity index (χ1v) is 11.8. The molecule has 0 aliphatic carbocycles. The number of sulfone groups is 1. The van der Waals surface area contributed by atoms with Crippen LogP contribution in [0, 0.1) is 0 Å². The Kier molecular flexibility index (Phi) is 6.83. The number of hydrogen-bond donors (Lipinski definition) is 1. The average molecular weight is 449 g/mol. The highest BCUT2D eigenvalue weighted by atomic mass is 35.5. The van der Waals surface area contributed by atoms with Gasteiger partial charge in [-0.15, -0.1) is 0 Å². The van der Waals surface area contributed by atoms with Crippen molar-refractivity contribution in [3.05, 3.63) is 58.6 Å². The van der Waals surface area contributed by atoms with Gasteiger partial charge in [-0.1, -0.05) is 23.7 Å². The van der Waals surface area contributed by atoms with Crippen molar-refractivity contribution in [2.75, 3.05) is 18.0 Å². The summed E-state index contributed by atoms with van der Waals surface area (Å²) in [6, 6.07) is 12.2. The van der Waals surface area contributed by atoms with Gasteiger partial charge in [0.25, 0.3) is 0 Å². The zero-order valence-electron chi connectivity index (χ0n) is 17.0. The van der Waals surface area contributed by atoms with Crippen LogP contribution in [0.5, 0.6) is 0 Å². The maximum atomic E-state index is 12.9. The number of carbonyl (C=O) groups is 2. The van der Waals surface area contributed by atoms with Crippen LogP contribution in [0.25, 0.3) is 0 Å². The van der Waals surface area contributed by atoms with Gasteiger partial charge in [-0.3, -0.25) is 9.59 Å². The first-order chi connectivity index (χ1) is 14.2. The molecule has 0 saturated carbocycles. The highest BCUT2D eigenvalue weighted by Gasteiger charge is 2.29. The molecule has 0 saturated heterocycles. The van der Waals surface area contributed by atoms with Crippen molar-refractivity contribution in [1.29, 1.82) is 0 Å². The second-order valence-corrected chi connectivity index (χ2v) is 10.3. The summed E-state index contributed by atoms with van der Waals surface area (Å²) in [4.78, 5) is 25.7. The van der Waals surface area contributed by atoms with E-state index in [1.54, 1.807) is 36.1 Å². The van der Waals surface area contributed by atoms with Gasteiger partial charge in [0.05, 0.1) is 10.1 Å². The van der Waals surface area contributed by atoms with Crippen LogP contribution in [-0.2, 0) is 32.3 Å². The number of nitrogens with zero attached hydrogens (tertiary/aromatic N) is 1. The van der Waals surface area contributed by atoms with Crippen molar-refractivity contribution < 1.29 is 18.0 Å². The molecule has 0 spiro atoms. The lowest BCUT2D eigenvalue weighted by Gasteiger charge is -2.16. The third-order valence-electron chi connectivity index (χ3n) is 5.31. The Morgan fingerprint density at radius 2 is 1.87 bits per heavy atom. The number of rotatable bonds is 7. The Balaban J connectivity index is 1.59. The lowest BCUT2D eigenvalue weighted by molar-refractivity contribution is -0.121. The van der Waals surface area contributed by atoms with E-state index in [9.17, 15) is 18.0 Å². The van der Waals surface area contributed by atoms with Gasteiger partial charge in [0.2, 0.25) is 11.8 Å². The Hall–Kier alpha value is -2.38. The zero-order valence-corrected chi connectivity index (χ0v) is 18.6. The minimum Gasteiger partial charge on any atom is -0.356 e. The summed E-state index contributed by atoms with van der Waals surface area (Å²) < 4.78 is 25.9. The summed E-state index contributed by atoms with van der Waals surface area (Å²) in [6.45, 7) is 4.02. The van der Waals surface area contributed by atoms with Crippen LogP contribution < -0.4 is 10.2 Å². The van der Waals surface area contributed by atoms with Crippen molar-refractivity contribution in [3.8, 4) is 0 Å². The van der Waals surface area contributed by atoms with E-state index >= 15 is 0 Å². The van der Waals surface area contributed by atoms with Gasteiger partial charge in [-0.2, -0.15) is 0 Å². The van der Waals surface area contributed by atoms with E-state index in [1.165, 1.54) is 13.0 Å². The number of halogens is 1. The summed E-state index contributed by atoms with van der Waals surface area (Å²) in [5, 5.41) is 2.58. The molecule has 30 heavy (non-hydrogen) atoms. The van der Waals surface area contributed by atoms with Gasteiger partial charge in [0.15, 0.2) is 9.84 Å². The van der Waals surface area contributed by atoms with Crippen molar-refractivity contribution in [2.24, 2.45) is 0 Å². The molecule has 1 aliphatic rings. The lowest BCUT2D eigenvalue weighted by Crippen LogP contribution is -2.31. The molecule has 2 aromatic rings. The number of anilines is 1. The van der Waals surface area contributed by atoms with Gasteiger partial charge >= 0.3 is 0 Å². The second kappa shape index (κ2) is 9.18. The zero-order chi connectivity index (χ0) is 21.9. The molecule has 0 radical (unpaired) electrons. The Bertz CT molecular complexity index is 1050. The summed E-state index contributed by atoms with van der Waals surface area (Å²) in [6.07, 6.45) is 1.15. The summed E-state index contributed by atoms with van der Waals surface area (Å²) in [5.41, 5.74) is 2.64. The molecule has 1 atom stereocenters. The molecule has 8 heteroatoms. The molecule has 2 aromatic carbocycles. The van der Waals surface area contributed by atoms with E-state index in [2.05, 4.69) is 5.32 Å². The molecular weight excluding hydrogens is 424 g/mol. The maximum Gasteiger partial charge on any atom is 0.223 e. The first-order valence-electron chi connectivity index (χ1n) is 9.84. The van der Waals surface area contributed by atoms with Gasteiger partial charge in [-0.25, -0.2) is 8.42 Å². The number of carbonyl (C=O) groups excluding carboxylic acids is 2. The molecule has 1 heterocycles. The van der Waals surface area contributed by atoms with Gasteiger partial charge in [-0.05, 0) is 61.2 Å². The number of hydrogen-bond acceptors (Lipinski definition) is 4. The molecule has 1 N–H and O–H groups in total. The molecule has 1 aliphatic heterocycles. The smallest absolute Gasteiger partial charge is 0.223 e. The van der Waals surface area contributed by atoms with Gasteiger partial charge in [0.1, 0.15) is 0 Å². The quantitative estimate of drug-likeness (QED) is 0.705. The predicted molar refractivity (Wildman–Crippen MR) is 118 cm³/mol. The molecule has 160 valence electrons. The largest absolute Gasteiger partial charge is 0.356 e. The van der Waals surface area contributed by atoms with E-state index in [0.717, 1.165) is 16.8 Å². The SMILES string of the molecule is CC(=O)N1CCc2cc(S(=O)(=O)[C@@H](C)CC(=O)NCCc3ccc(Cl)cc3)ccc21. The normalized spacial score (nSPS) is 14.3. The Morgan fingerprint density at radius 3 is 2.53 bits per heavy atom. The molecule has 0 aromatic heterocycles. The van der Waals surface area contributed by atoms with E-state index in [4.69, 9.17) is 11.6 Å². The van der Waals surface area contributed by atoms with Crippen molar-refractivity contribution in [3.63, 3.8) is 0 Å². The molecular formula is C22H25ClN2O4S. The molecule has 6 nitrogen and oxygen atoms in total. The summed E-state index contributed by atoms with van der Waals surface area (Å²) in [7, 11) is -3.65. The molecule has 2 amide bonds. The standard InChI is InChI=1S/C22H25ClN2O4S/c1-15(13-22(27)24-11-9-17-3-5-19(23)6-4-17)30(28,29)20-7-8-21-18(14-20)10-12-25(21)16(2)26/h3-8,14-15H,9-13H2,1-2H3,(H,24,27)/t15-/m0/s1. The maximum absolute atomic E-state index is 12.9. The van der Waals surface area contributed by atoms with Crippen LogP contribution >= 0.6 is 11.6 Å². The monoisotopic (exact) mass is 448 g/mol. The number of fused-ring (bicyclic) bond motifs is 1. The van der Waals surface area contributed by atoms with Crippen LogP contribution in [0.4, 0.5) is 5.69 Å². The van der Waals surface area contributed by atoms with Crippen LogP contribution in [0.2, 0.25) is 5.02 Å². The van der Waals surface area contributed by atoms with E-state index in [0.29, 0.717) is 31.0 Å². The number of benzene rings is 2.